The molecule has 20 heavy (non-hydrogen) atoms. The average Bonchev–Trinajstić information content (AvgIpc) is 2.83. The molecule has 0 bridgehead atoms. The number of nitrogens with zero attached hydrogens (tertiary/aromatic N) is 1. The lowest BCUT2D eigenvalue weighted by atomic mass is 10.0. The number of carbonyl (C=O) groups is 1. The van der Waals surface area contributed by atoms with Crippen molar-refractivity contribution in [1.82, 2.24) is 0 Å². The van der Waals surface area contributed by atoms with Gasteiger partial charge in [0.25, 0.3) is 5.91 Å². The Labute approximate surface area is 116 Å². The summed E-state index contributed by atoms with van der Waals surface area (Å²) in [5, 5.41) is 1.41. The molecule has 2 aromatic carbocycles. The minimum Gasteiger partial charge on any atom is -0.497 e. The van der Waals surface area contributed by atoms with Crippen LogP contribution in [-0.4, -0.2) is 20.1 Å². The summed E-state index contributed by atoms with van der Waals surface area (Å²) in [4.78, 5) is 16.2. The summed E-state index contributed by atoms with van der Waals surface area (Å²) in [5.41, 5.74) is 1.38. The van der Waals surface area contributed by atoms with Gasteiger partial charge in [0, 0.05) is 0 Å². The van der Waals surface area contributed by atoms with Gasteiger partial charge in [-0.1, -0.05) is 18.2 Å². The van der Waals surface area contributed by atoms with Crippen molar-refractivity contribution in [2.45, 2.75) is 0 Å². The summed E-state index contributed by atoms with van der Waals surface area (Å²) in [6.07, 6.45) is 0. The van der Waals surface area contributed by atoms with Crippen LogP contribution in [0, 0.1) is 0 Å². The monoisotopic (exact) mass is 267 g/mol. The first-order valence-electron chi connectivity index (χ1n) is 6.19. The van der Waals surface area contributed by atoms with Crippen LogP contribution in [-0.2, 0) is 4.79 Å². The highest BCUT2D eigenvalue weighted by Gasteiger charge is 2.20. The highest BCUT2D eigenvalue weighted by Crippen LogP contribution is 2.20. The van der Waals surface area contributed by atoms with Gasteiger partial charge in [0.15, 0.2) is 0 Å². The Hall–Kier alpha value is -2.62. The summed E-state index contributed by atoms with van der Waals surface area (Å²) >= 11 is 0. The molecule has 3 rings (SSSR count). The quantitative estimate of drug-likeness (QED) is 0.835. The normalized spacial score (nSPS) is 12.9. The molecule has 1 heterocycles. The third kappa shape index (κ3) is 1.86. The first kappa shape index (κ1) is 12.4. The van der Waals surface area contributed by atoms with Crippen molar-refractivity contribution in [3.63, 3.8) is 0 Å². The maximum Gasteiger partial charge on any atom is 0.278 e. The van der Waals surface area contributed by atoms with Gasteiger partial charge in [-0.3, -0.25) is 4.79 Å². The molecule has 1 aliphatic heterocycles. The minimum absolute atomic E-state index is 0.241. The molecule has 1 amide bonds. The molecule has 2 aromatic rings. The molecule has 0 spiro atoms. The Bertz CT molecular complexity index is 791. The van der Waals surface area contributed by atoms with Crippen LogP contribution in [0.4, 0.5) is 0 Å². The fourth-order valence-electron chi connectivity index (χ4n) is 2.33. The van der Waals surface area contributed by atoms with Gasteiger partial charge in [-0.25, -0.2) is 4.99 Å². The lowest BCUT2D eigenvalue weighted by Crippen LogP contribution is -2.25. The molecule has 0 N–H and O–H groups in total. The molecular formula is C16H13NO3. The molecule has 1 aliphatic rings. The summed E-state index contributed by atoms with van der Waals surface area (Å²) in [6, 6.07) is 12.8. The predicted octanol–water partition coefficient (Wildman–Crippen LogP) is 1.06. The van der Waals surface area contributed by atoms with Gasteiger partial charge in [0.05, 0.1) is 30.4 Å². The number of benzene rings is 2. The van der Waals surface area contributed by atoms with Gasteiger partial charge < -0.3 is 9.47 Å². The summed E-state index contributed by atoms with van der Waals surface area (Å²) in [7, 11) is 3.20. The Morgan fingerprint density at radius 3 is 2.35 bits per heavy atom. The maximum atomic E-state index is 12.2. The van der Waals surface area contributed by atoms with Crippen LogP contribution < -0.4 is 20.0 Å². The Morgan fingerprint density at radius 1 is 0.950 bits per heavy atom. The van der Waals surface area contributed by atoms with E-state index in [1.54, 1.807) is 14.2 Å². The van der Waals surface area contributed by atoms with Crippen LogP contribution >= 0.6 is 0 Å². The third-order valence-electron chi connectivity index (χ3n) is 3.29. The fourth-order valence-corrected chi connectivity index (χ4v) is 2.33. The van der Waals surface area contributed by atoms with E-state index in [-0.39, 0.29) is 5.91 Å². The molecule has 0 saturated heterocycles. The number of carbonyl (C=O) groups excluding carboxylic acids is 1. The molecule has 4 heteroatoms. The first-order valence-corrected chi connectivity index (χ1v) is 6.19. The highest BCUT2D eigenvalue weighted by atomic mass is 16.5. The third-order valence-corrected chi connectivity index (χ3v) is 3.29. The van der Waals surface area contributed by atoms with Crippen LogP contribution in [0.5, 0.6) is 11.5 Å². The van der Waals surface area contributed by atoms with Crippen molar-refractivity contribution in [3.05, 3.63) is 58.6 Å². The zero-order valence-corrected chi connectivity index (χ0v) is 11.2. The minimum atomic E-state index is -0.241. The first-order chi connectivity index (χ1) is 9.74. The smallest absolute Gasteiger partial charge is 0.278 e. The van der Waals surface area contributed by atoms with E-state index < -0.39 is 0 Å². The standard InChI is InChI=1S/C16H13NO3/c1-19-11-8-6-10(7-9-11)14-15-12(17-16(14)18)4-3-5-13(15)20-2/h3-9H,1-2H3. The molecule has 0 atom stereocenters. The molecule has 100 valence electrons. The molecule has 0 unspecified atom stereocenters. The van der Waals surface area contributed by atoms with Gasteiger partial charge in [-0.2, -0.15) is 0 Å². The van der Waals surface area contributed by atoms with E-state index in [1.165, 1.54) is 0 Å². The van der Waals surface area contributed by atoms with E-state index in [9.17, 15) is 4.79 Å². The van der Waals surface area contributed by atoms with E-state index in [4.69, 9.17) is 9.47 Å². The molecular weight excluding hydrogens is 254 g/mol. The number of fused-ring (bicyclic) bond motifs is 1. The molecule has 0 saturated carbocycles. The predicted molar refractivity (Wildman–Crippen MR) is 74.3 cm³/mol. The number of rotatable bonds is 3. The van der Waals surface area contributed by atoms with Crippen LogP contribution in [0.1, 0.15) is 5.56 Å². The Kier molecular flexibility index (Phi) is 2.99. The van der Waals surface area contributed by atoms with E-state index >= 15 is 0 Å². The highest BCUT2D eigenvalue weighted by molar-refractivity contribution is 6.21. The Morgan fingerprint density at radius 2 is 1.70 bits per heavy atom. The fraction of sp³-hybridized carbons (Fsp3) is 0.125. The second-order valence-electron chi connectivity index (χ2n) is 4.37. The molecule has 0 fully saturated rings. The SMILES string of the molecule is COc1ccc(C2=c3c(OC)cccc3=NC2=O)cc1. The molecule has 0 aliphatic carbocycles. The second kappa shape index (κ2) is 4.81. The molecule has 0 radical (unpaired) electrons. The average molecular weight is 267 g/mol. The number of hydrogen-bond donors (Lipinski definition) is 0. The number of hydrogen-bond acceptors (Lipinski definition) is 3. The van der Waals surface area contributed by atoms with Crippen molar-refractivity contribution in [2.24, 2.45) is 4.99 Å². The van der Waals surface area contributed by atoms with Gasteiger partial charge in [0.1, 0.15) is 11.5 Å². The van der Waals surface area contributed by atoms with E-state index in [0.29, 0.717) is 16.7 Å². The van der Waals surface area contributed by atoms with Crippen LogP contribution in [0.2, 0.25) is 0 Å². The lowest BCUT2D eigenvalue weighted by molar-refractivity contribution is -0.112. The van der Waals surface area contributed by atoms with Gasteiger partial charge in [-0.15, -0.1) is 0 Å². The van der Waals surface area contributed by atoms with Crippen molar-refractivity contribution >= 4 is 11.5 Å². The van der Waals surface area contributed by atoms with Crippen LogP contribution in [0.15, 0.2) is 47.5 Å². The van der Waals surface area contributed by atoms with Gasteiger partial charge >= 0.3 is 0 Å². The van der Waals surface area contributed by atoms with E-state index in [2.05, 4.69) is 4.99 Å². The van der Waals surface area contributed by atoms with Crippen LogP contribution in [0.25, 0.3) is 5.57 Å². The van der Waals surface area contributed by atoms with Gasteiger partial charge in [-0.05, 0) is 29.8 Å². The zero-order valence-electron chi connectivity index (χ0n) is 11.2. The second-order valence-corrected chi connectivity index (χ2v) is 4.37. The molecule has 4 nitrogen and oxygen atoms in total. The van der Waals surface area contributed by atoms with Crippen molar-refractivity contribution in [1.29, 1.82) is 0 Å². The largest absolute Gasteiger partial charge is 0.497 e. The van der Waals surface area contributed by atoms with Crippen molar-refractivity contribution < 1.29 is 14.3 Å². The Balaban J connectivity index is 2.29. The number of amides is 1. The van der Waals surface area contributed by atoms with Gasteiger partial charge in [0.2, 0.25) is 0 Å². The van der Waals surface area contributed by atoms with E-state index in [1.807, 2.05) is 42.5 Å². The zero-order chi connectivity index (χ0) is 14.1. The topological polar surface area (TPSA) is 47.9 Å². The maximum absolute atomic E-state index is 12.2. The van der Waals surface area contributed by atoms with Crippen molar-refractivity contribution in [2.75, 3.05) is 14.2 Å². The summed E-state index contributed by atoms with van der Waals surface area (Å²) in [6.45, 7) is 0. The molecule has 0 aromatic heterocycles. The summed E-state index contributed by atoms with van der Waals surface area (Å²) < 4.78 is 10.5. The number of methoxy groups -OCH3 is 2. The van der Waals surface area contributed by atoms with E-state index in [0.717, 1.165) is 16.5 Å². The number of ether oxygens (including phenoxy) is 2. The summed E-state index contributed by atoms with van der Waals surface area (Å²) in [5.74, 6) is 1.16. The van der Waals surface area contributed by atoms with Crippen molar-refractivity contribution in [3.8, 4) is 11.5 Å². The van der Waals surface area contributed by atoms with Crippen LogP contribution in [0.3, 0.4) is 0 Å². The lowest BCUT2D eigenvalue weighted by Gasteiger charge is -2.05.